The Morgan fingerprint density at radius 2 is 2.15 bits per heavy atom. The molecule has 0 radical (unpaired) electrons. The number of rotatable bonds is 5. The summed E-state index contributed by atoms with van der Waals surface area (Å²) in [6, 6.07) is 5.77. The van der Waals surface area contributed by atoms with Crippen molar-refractivity contribution in [2.45, 2.75) is 31.6 Å². The Bertz CT molecular complexity index is 1190. The predicted octanol–water partition coefficient (Wildman–Crippen LogP) is 3.89. The van der Waals surface area contributed by atoms with E-state index in [-0.39, 0.29) is 35.4 Å². The number of anilines is 1. The molecule has 1 saturated heterocycles. The van der Waals surface area contributed by atoms with E-state index in [2.05, 4.69) is 27.0 Å². The van der Waals surface area contributed by atoms with Gasteiger partial charge in [-0.25, -0.2) is 4.39 Å². The Morgan fingerprint density at radius 1 is 1.33 bits per heavy atom. The molecule has 3 heterocycles. The van der Waals surface area contributed by atoms with Gasteiger partial charge in [-0.1, -0.05) is 5.16 Å². The fourth-order valence-corrected chi connectivity index (χ4v) is 3.62. The van der Waals surface area contributed by atoms with Gasteiger partial charge in [-0.3, -0.25) is 9.48 Å². The summed E-state index contributed by atoms with van der Waals surface area (Å²) in [5.74, 6) is -0.978. The predicted molar refractivity (Wildman–Crippen MR) is 106 cm³/mol. The summed E-state index contributed by atoms with van der Waals surface area (Å²) in [7, 11) is 0. The number of aromatic nitrogens is 3. The van der Waals surface area contributed by atoms with Crippen LogP contribution in [0.5, 0.6) is 0 Å². The van der Waals surface area contributed by atoms with E-state index in [0.717, 1.165) is 16.8 Å². The fourth-order valence-electron chi connectivity index (χ4n) is 3.62. The lowest BCUT2D eigenvalue weighted by atomic mass is 9.94. The fraction of sp³-hybridized carbons (Fsp3) is 0.333. The monoisotopic (exact) mass is 462 g/mol. The normalized spacial score (nSPS) is 18.6. The number of nitriles is 1. The van der Waals surface area contributed by atoms with Gasteiger partial charge in [-0.05, 0) is 36.6 Å². The molecule has 1 amide bonds. The van der Waals surface area contributed by atoms with Crippen LogP contribution in [0.1, 0.15) is 46.3 Å². The van der Waals surface area contributed by atoms with Gasteiger partial charge in [0, 0.05) is 18.8 Å². The molecule has 0 saturated carbocycles. The van der Waals surface area contributed by atoms with Crippen LogP contribution in [-0.4, -0.2) is 27.4 Å². The Labute approximate surface area is 185 Å². The number of hydrogen-bond acceptors (Lipinski definition) is 6. The van der Waals surface area contributed by atoms with Gasteiger partial charge in [-0.2, -0.15) is 23.5 Å². The summed E-state index contributed by atoms with van der Waals surface area (Å²) in [4.78, 5) is 12.5. The highest BCUT2D eigenvalue weighted by atomic mass is 19.4. The minimum atomic E-state index is -4.64. The van der Waals surface area contributed by atoms with E-state index in [1.165, 1.54) is 18.5 Å². The zero-order valence-corrected chi connectivity index (χ0v) is 17.1. The van der Waals surface area contributed by atoms with Gasteiger partial charge in [0.25, 0.3) is 5.91 Å². The van der Waals surface area contributed by atoms with E-state index in [1.807, 2.05) is 0 Å². The van der Waals surface area contributed by atoms with Crippen LogP contribution in [0.2, 0.25) is 0 Å². The molecule has 0 bridgehead atoms. The van der Waals surface area contributed by atoms with Gasteiger partial charge in [-0.15, -0.1) is 0 Å². The summed E-state index contributed by atoms with van der Waals surface area (Å²) < 4.78 is 59.4. The molecule has 1 aliphatic heterocycles. The highest BCUT2D eigenvalue weighted by Crippen LogP contribution is 2.33. The van der Waals surface area contributed by atoms with Crippen LogP contribution in [0, 0.1) is 23.1 Å². The van der Waals surface area contributed by atoms with Crippen molar-refractivity contribution in [3.63, 3.8) is 0 Å². The second-order valence-electron chi connectivity index (χ2n) is 7.66. The number of benzene rings is 1. The molecule has 12 heteroatoms. The number of halogens is 4. The number of nitrogens with zero attached hydrogens (tertiary/aromatic N) is 4. The maximum Gasteiger partial charge on any atom is 0.416 e. The zero-order valence-electron chi connectivity index (χ0n) is 17.1. The van der Waals surface area contributed by atoms with Crippen LogP contribution >= 0.6 is 0 Å². The average molecular weight is 462 g/mol. The van der Waals surface area contributed by atoms with Gasteiger partial charge >= 0.3 is 6.18 Å². The lowest BCUT2D eigenvalue weighted by molar-refractivity contribution is -0.138. The van der Waals surface area contributed by atoms with Crippen molar-refractivity contribution in [2.24, 2.45) is 5.92 Å². The first-order chi connectivity index (χ1) is 15.7. The second kappa shape index (κ2) is 9.03. The molecule has 4 rings (SSSR count). The molecular weight excluding hydrogens is 444 g/mol. The summed E-state index contributed by atoms with van der Waals surface area (Å²) in [6.45, 7) is 0.178. The first kappa shape index (κ1) is 22.5. The minimum absolute atomic E-state index is 0.0199. The molecule has 33 heavy (non-hydrogen) atoms. The van der Waals surface area contributed by atoms with E-state index in [1.54, 1.807) is 0 Å². The van der Waals surface area contributed by atoms with Crippen molar-refractivity contribution in [3.05, 3.63) is 65.1 Å². The summed E-state index contributed by atoms with van der Waals surface area (Å²) in [6.07, 6.45) is -0.677. The molecule has 2 atom stereocenters. The molecule has 1 aromatic carbocycles. The van der Waals surface area contributed by atoms with Gasteiger partial charge in [0.05, 0.1) is 42.0 Å². The Kier molecular flexibility index (Phi) is 6.15. The molecule has 1 aliphatic rings. The van der Waals surface area contributed by atoms with E-state index in [0.29, 0.717) is 31.2 Å². The molecule has 3 aromatic rings. The smallest absolute Gasteiger partial charge is 0.359 e. The van der Waals surface area contributed by atoms with Gasteiger partial charge in [0.2, 0.25) is 0 Å². The zero-order chi connectivity index (χ0) is 23.6. The summed E-state index contributed by atoms with van der Waals surface area (Å²) >= 11 is 0. The van der Waals surface area contributed by atoms with Crippen molar-refractivity contribution in [1.82, 2.24) is 20.3 Å². The Hall–Kier alpha value is -3.72. The number of carbonyl (C=O) groups excluding carboxylic acids is 1. The molecule has 1 fully saturated rings. The van der Waals surface area contributed by atoms with Crippen molar-refractivity contribution in [1.29, 1.82) is 5.26 Å². The molecule has 0 spiro atoms. The maximum atomic E-state index is 13.5. The number of piperidine rings is 1. The number of alkyl halides is 3. The summed E-state index contributed by atoms with van der Waals surface area (Å²) in [5.41, 5.74) is -1.01. The van der Waals surface area contributed by atoms with Gasteiger partial charge in [0.1, 0.15) is 5.82 Å². The number of carbonyl (C=O) groups is 1. The van der Waals surface area contributed by atoms with Gasteiger partial charge in [0.15, 0.2) is 11.5 Å². The van der Waals surface area contributed by atoms with E-state index >= 15 is 0 Å². The van der Waals surface area contributed by atoms with Crippen molar-refractivity contribution in [3.8, 4) is 6.07 Å². The molecule has 2 unspecified atom stereocenters. The van der Waals surface area contributed by atoms with E-state index in [9.17, 15) is 22.4 Å². The number of amides is 1. The highest BCUT2D eigenvalue weighted by molar-refractivity contribution is 6.02. The Balaban J connectivity index is 1.41. The quantitative estimate of drug-likeness (QED) is 0.557. The third kappa shape index (κ3) is 5.20. The minimum Gasteiger partial charge on any atom is -0.359 e. The number of hydrogen-bond donors (Lipinski definition) is 2. The highest BCUT2D eigenvalue weighted by Gasteiger charge is 2.33. The molecule has 0 aliphatic carbocycles. The lowest BCUT2D eigenvalue weighted by Crippen LogP contribution is -2.32. The molecule has 8 nitrogen and oxygen atoms in total. The largest absolute Gasteiger partial charge is 0.416 e. The van der Waals surface area contributed by atoms with Crippen LogP contribution in [0.15, 0.2) is 41.2 Å². The van der Waals surface area contributed by atoms with Crippen LogP contribution in [-0.2, 0) is 12.7 Å². The van der Waals surface area contributed by atoms with Crippen LogP contribution in [0.3, 0.4) is 0 Å². The van der Waals surface area contributed by atoms with Crippen LogP contribution < -0.4 is 10.6 Å². The Morgan fingerprint density at radius 3 is 2.85 bits per heavy atom. The first-order valence-corrected chi connectivity index (χ1v) is 10.0. The maximum absolute atomic E-state index is 13.5. The van der Waals surface area contributed by atoms with Crippen molar-refractivity contribution in [2.75, 3.05) is 11.9 Å². The topological polar surface area (TPSA) is 109 Å². The third-order valence-electron chi connectivity index (χ3n) is 5.30. The van der Waals surface area contributed by atoms with Crippen LogP contribution in [0.4, 0.5) is 23.2 Å². The van der Waals surface area contributed by atoms with E-state index < -0.39 is 23.5 Å². The molecular formula is C21H18F4N6O2. The van der Waals surface area contributed by atoms with Crippen molar-refractivity contribution < 1.29 is 26.9 Å². The lowest BCUT2D eigenvalue weighted by Gasteiger charge is -2.24. The van der Waals surface area contributed by atoms with Crippen molar-refractivity contribution >= 4 is 11.6 Å². The molecule has 172 valence electrons. The third-order valence-corrected chi connectivity index (χ3v) is 5.30. The SMILES string of the molecule is N#CC1CCC(c2cc(C(=O)Nc3cnn(Cc4cc(F)ccc4C(F)(F)F)c3)no2)NC1. The molecule has 2 aromatic heterocycles. The first-order valence-electron chi connectivity index (χ1n) is 10.0. The second-order valence-corrected chi connectivity index (χ2v) is 7.66. The van der Waals surface area contributed by atoms with Crippen LogP contribution in [0.25, 0.3) is 0 Å². The standard InChI is InChI=1S/C21H18F4N6O2/c22-14-2-3-16(21(23,24)25)13(5-14)10-31-11-15(9-28-31)29-20(32)18-6-19(33-30-18)17-4-1-12(7-26)8-27-17/h2-3,5-6,9,11-12,17,27H,1,4,8,10H2,(H,29,32). The average Bonchev–Trinajstić information content (AvgIpc) is 3.43. The van der Waals surface area contributed by atoms with E-state index in [4.69, 9.17) is 9.78 Å². The number of nitrogens with one attached hydrogen (secondary N) is 2. The summed E-state index contributed by atoms with van der Waals surface area (Å²) in [5, 5.41) is 22.4. The molecule has 2 N–H and O–H groups in total. The van der Waals surface area contributed by atoms with Gasteiger partial charge < -0.3 is 15.2 Å².